The number of hydrogen-bond donors (Lipinski definition) is 1. The molecule has 0 radical (unpaired) electrons. The van der Waals surface area contributed by atoms with E-state index < -0.39 is 26.7 Å². The molecular formula is C14H24N2O4S. The quantitative estimate of drug-likeness (QED) is 0.810. The average molecular weight is 316 g/mol. The summed E-state index contributed by atoms with van der Waals surface area (Å²) in [6.45, 7) is 6.65. The second kappa shape index (κ2) is 5.26. The maximum absolute atomic E-state index is 12.4. The van der Waals surface area contributed by atoms with Gasteiger partial charge >= 0.3 is 0 Å². The SMILES string of the molecule is CC1C(=O)NC(C2CC2)C(=O)N1CCS(=O)(=O)C(C)(C)C. The minimum absolute atomic E-state index is 0.0796. The molecule has 0 bridgehead atoms. The van der Waals surface area contributed by atoms with E-state index in [9.17, 15) is 18.0 Å². The molecule has 1 N–H and O–H groups in total. The van der Waals surface area contributed by atoms with Gasteiger partial charge in [-0.3, -0.25) is 9.59 Å². The van der Waals surface area contributed by atoms with Crippen LogP contribution in [0.15, 0.2) is 0 Å². The second-order valence-corrected chi connectivity index (χ2v) is 9.83. The lowest BCUT2D eigenvalue weighted by molar-refractivity contribution is -0.148. The number of piperazine rings is 1. The fourth-order valence-corrected chi connectivity index (χ4v) is 3.47. The van der Waals surface area contributed by atoms with Crippen molar-refractivity contribution in [1.82, 2.24) is 10.2 Å². The topological polar surface area (TPSA) is 83.6 Å². The molecule has 2 aliphatic rings. The van der Waals surface area contributed by atoms with E-state index in [0.717, 1.165) is 12.8 Å². The van der Waals surface area contributed by atoms with Crippen LogP contribution in [0.1, 0.15) is 40.5 Å². The van der Waals surface area contributed by atoms with E-state index in [0.29, 0.717) is 0 Å². The van der Waals surface area contributed by atoms with Gasteiger partial charge in [0.2, 0.25) is 11.8 Å². The molecule has 2 amide bonds. The molecule has 2 rings (SSSR count). The van der Waals surface area contributed by atoms with Crippen molar-refractivity contribution in [3.8, 4) is 0 Å². The van der Waals surface area contributed by atoms with Crippen molar-refractivity contribution >= 4 is 21.7 Å². The Morgan fingerprint density at radius 1 is 1.24 bits per heavy atom. The lowest BCUT2D eigenvalue weighted by atomic mass is 10.0. The lowest BCUT2D eigenvalue weighted by Gasteiger charge is -2.37. The summed E-state index contributed by atoms with van der Waals surface area (Å²) in [4.78, 5) is 25.8. The van der Waals surface area contributed by atoms with Crippen molar-refractivity contribution in [2.24, 2.45) is 5.92 Å². The van der Waals surface area contributed by atoms with E-state index in [4.69, 9.17) is 0 Å². The smallest absolute Gasteiger partial charge is 0.246 e. The Bertz CT molecular complexity index is 546. The van der Waals surface area contributed by atoms with Crippen LogP contribution in [0.4, 0.5) is 0 Å². The monoisotopic (exact) mass is 316 g/mol. The first-order chi connectivity index (χ1) is 9.54. The fraction of sp³-hybridized carbons (Fsp3) is 0.857. The van der Waals surface area contributed by atoms with Gasteiger partial charge < -0.3 is 10.2 Å². The highest BCUT2D eigenvalue weighted by Crippen LogP contribution is 2.35. The number of carbonyl (C=O) groups is 2. The number of sulfone groups is 1. The standard InChI is InChI=1S/C14H24N2O4S/c1-9-12(17)15-11(10-5-6-10)13(18)16(9)7-8-21(19,20)14(2,3)4/h9-11H,5-8H2,1-4H3,(H,15,17). The molecule has 2 atom stereocenters. The third-order valence-electron chi connectivity index (χ3n) is 4.32. The molecule has 0 aromatic heterocycles. The van der Waals surface area contributed by atoms with Gasteiger partial charge in [0.15, 0.2) is 9.84 Å². The predicted molar refractivity (Wildman–Crippen MR) is 79.4 cm³/mol. The zero-order valence-electron chi connectivity index (χ0n) is 13.0. The highest BCUT2D eigenvalue weighted by molar-refractivity contribution is 7.92. The molecule has 2 fully saturated rings. The third kappa shape index (κ3) is 3.22. The van der Waals surface area contributed by atoms with E-state index in [1.54, 1.807) is 27.7 Å². The van der Waals surface area contributed by atoms with E-state index >= 15 is 0 Å². The van der Waals surface area contributed by atoms with Gasteiger partial charge in [-0.25, -0.2) is 8.42 Å². The van der Waals surface area contributed by atoms with Crippen LogP contribution < -0.4 is 5.32 Å². The minimum Gasteiger partial charge on any atom is -0.342 e. The molecule has 2 unspecified atom stereocenters. The van der Waals surface area contributed by atoms with E-state index in [1.807, 2.05) is 0 Å². The van der Waals surface area contributed by atoms with E-state index in [2.05, 4.69) is 5.32 Å². The number of nitrogens with zero attached hydrogens (tertiary/aromatic N) is 1. The molecule has 6 nitrogen and oxygen atoms in total. The normalized spacial score (nSPS) is 27.7. The summed E-state index contributed by atoms with van der Waals surface area (Å²) in [6, 6.07) is -1.08. The number of rotatable bonds is 4. The molecule has 0 aromatic carbocycles. The van der Waals surface area contributed by atoms with Crippen LogP contribution >= 0.6 is 0 Å². The van der Waals surface area contributed by atoms with Crippen LogP contribution in [-0.4, -0.2) is 54.3 Å². The van der Waals surface area contributed by atoms with Crippen LogP contribution in [0.2, 0.25) is 0 Å². The highest BCUT2D eigenvalue weighted by atomic mass is 32.2. The summed E-state index contributed by atoms with van der Waals surface area (Å²) in [5, 5.41) is 2.76. The Morgan fingerprint density at radius 2 is 1.81 bits per heavy atom. The fourth-order valence-electron chi connectivity index (χ4n) is 2.42. The predicted octanol–water partition coefficient (Wildman–Crippen LogP) is 0.325. The summed E-state index contributed by atoms with van der Waals surface area (Å²) in [6.07, 6.45) is 1.89. The first kappa shape index (κ1) is 16.3. The number of amides is 2. The highest BCUT2D eigenvalue weighted by Gasteiger charge is 2.45. The second-order valence-electron chi connectivity index (χ2n) is 6.96. The third-order valence-corrected chi connectivity index (χ3v) is 6.91. The number of nitrogens with one attached hydrogen (secondary N) is 1. The Kier molecular flexibility index (Phi) is 4.08. The molecular weight excluding hydrogens is 292 g/mol. The van der Waals surface area contributed by atoms with Gasteiger partial charge in [0.05, 0.1) is 10.5 Å². The van der Waals surface area contributed by atoms with Crippen LogP contribution in [0.25, 0.3) is 0 Å². The van der Waals surface area contributed by atoms with Crippen molar-refractivity contribution in [2.45, 2.75) is 57.4 Å². The van der Waals surface area contributed by atoms with Gasteiger partial charge in [0, 0.05) is 6.54 Å². The molecule has 1 heterocycles. The van der Waals surface area contributed by atoms with Gasteiger partial charge in [-0.05, 0) is 46.5 Å². The van der Waals surface area contributed by atoms with Gasteiger partial charge in [0.1, 0.15) is 12.1 Å². The zero-order chi connectivity index (χ0) is 16.0. The Labute approximate surface area is 126 Å². The molecule has 120 valence electrons. The average Bonchev–Trinajstić information content (AvgIpc) is 3.16. The number of hydrogen-bond acceptors (Lipinski definition) is 4. The van der Waals surface area contributed by atoms with Gasteiger partial charge in [-0.2, -0.15) is 0 Å². The largest absolute Gasteiger partial charge is 0.342 e. The maximum atomic E-state index is 12.4. The van der Waals surface area contributed by atoms with Gasteiger partial charge in [0.25, 0.3) is 0 Å². The summed E-state index contributed by atoms with van der Waals surface area (Å²) in [5.41, 5.74) is 0. The van der Waals surface area contributed by atoms with E-state index in [1.165, 1.54) is 4.90 Å². The zero-order valence-corrected chi connectivity index (χ0v) is 13.9. The first-order valence-electron chi connectivity index (χ1n) is 7.38. The van der Waals surface area contributed by atoms with Crippen molar-refractivity contribution in [2.75, 3.05) is 12.3 Å². The van der Waals surface area contributed by atoms with Crippen molar-refractivity contribution < 1.29 is 18.0 Å². The Hall–Kier alpha value is -1.11. The van der Waals surface area contributed by atoms with Crippen molar-refractivity contribution in [3.05, 3.63) is 0 Å². The van der Waals surface area contributed by atoms with Crippen molar-refractivity contribution in [1.29, 1.82) is 0 Å². The van der Waals surface area contributed by atoms with Crippen LogP contribution in [-0.2, 0) is 19.4 Å². The molecule has 1 aliphatic heterocycles. The van der Waals surface area contributed by atoms with Gasteiger partial charge in [-0.15, -0.1) is 0 Å². The minimum atomic E-state index is -3.31. The molecule has 0 spiro atoms. The molecule has 0 aromatic rings. The van der Waals surface area contributed by atoms with Crippen molar-refractivity contribution in [3.63, 3.8) is 0 Å². The number of carbonyl (C=O) groups excluding carboxylic acids is 2. The maximum Gasteiger partial charge on any atom is 0.246 e. The summed E-state index contributed by atoms with van der Waals surface area (Å²) in [7, 11) is -3.31. The molecule has 21 heavy (non-hydrogen) atoms. The van der Waals surface area contributed by atoms with Crippen LogP contribution in [0.5, 0.6) is 0 Å². The van der Waals surface area contributed by atoms with Crippen LogP contribution in [0.3, 0.4) is 0 Å². The summed E-state index contributed by atoms with van der Waals surface area (Å²) >= 11 is 0. The molecule has 1 saturated carbocycles. The Balaban J connectivity index is 2.10. The van der Waals surface area contributed by atoms with Crippen LogP contribution in [0, 0.1) is 5.92 Å². The lowest BCUT2D eigenvalue weighted by Crippen LogP contribution is -2.63. The summed E-state index contributed by atoms with van der Waals surface area (Å²) < 4.78 is 23.5. The first-order valence-corrected chi connectivity index (χ1v) is 9.03. The molecule has 7 heteroatoms. The summed E-state index contributed by atoms with van der Waals surface area (Å²) in [5.74, 6) is -0.235. The van der Waals surface area contributed by atoms with Gasteiger partial charge in [-0.1, -0.05) is 0 Å². The molecule has 1 saturated heterocycles. The Morgan fingerprint density at radius 3 is 2.29 bits per heavy atom. The molecule has 1 aliphatic carbocycles. The van der Waals surface area contributed by atoms with E-state index in [-0.39, 0.29) is 30.0 Å².